The number of aliphatic hydroxyl groups is 1. The van der Waals surface area contributed by atoms with Crippen LogP contribution in [0.1, 0.15) is 51.9 Å². The van der Waals surface area contributed by atoms with E-state index in [2.05, 4.69) is 16.8 Å². The average molecular weight is 320 g/mol. The summed E-state index contributed by atoms with van der Waals surface area (Å²) >= 11 is 0. The number of nitrogens with zero attached hydrogens (tertiary/aromatic N) is 2. The maximum atomic E-state index is 13.2. The fourth-order valence-electron chi connectivity index (χ4n) is 6.57. The Morgan fingerprint density at radius 2 is 1.78 bits per heavy atom. The average Bonchev–Trinajstić information content (AvgIpc) is 2.92. The molecule has 4 heteroatoms. The lowest BCUT2D eigenvalue weighted by Gasteiger charge is -2.57. The Hall–Kier alpha value is -0.610. The highest BCUT2D eigenvalue weighted by molar-refractivity contribution is 5.82. The number of carbonyl (C=O) groups is 1. The molecule has 2 atom stereocenters. The van der Waals surface area contributed by atoms with Gasteiger partial charge < -0.3 is 10.0 Å². The van der Waals surface area contributed by atoms with E-state index < -0.39 is 0 Å². The molecular formula is C19H32N2O2. The molecule has 0 aromatic carbocycles. The number of β-amino-alcohol motifs (C(OH)–C–C–N with tert-alkyl or cyclic N) is 1. The van der Waals surface area contributed by atoms with Gasteiger partial charge in [0, 0.05) is 19.6 Å². The summed E-state index contributed by atoms with van der Waals surface area (Å²) in [6.45, 7) is 3.41. The Morgan fingerprint density at radius 1 is 1.17 bits per heavy atom. The highest BCUT2D eigenvalue weighted by Gasteiger charge is 2.51. The monoisotopic (exact) mass is 320 g/mol. The molecule has 0 aromatic rings. The molecule has 4 nitrogen and oxygen atoms in total. The van der Waals surface area contributed by atoms with Gasteiger partial charge in [-0.25, -0.2) is 0 Å². The minimum absolute atomic E-state index is 0.00628. The van der Waals surface area contributed by atoms with Crippen LogP contribution in [0.2, 0.25) is 0 Å². The van der Waals surface area contributed by atoms with Crippen LogP contribution in [-0.4, -0.2) is 59.1 Å². The molecule has 1 amide bonds. The van der Waals surface area contributed by atoms with Crippen LogP contribution in [0.25, 0.3) is 0 Å². The van der Waals surface area contributed by atoms with Crippen LogP contribution in [0.5, 0.6) is 0 Å². The van der Waals surface area contributed by atoms with Gasteiger partial charge >= 0.3 is 0 Å². The van der Waals surface area contributed by atoms with E-state index in [1.807, 2.05) is 6.92 Å². The third-order valence-corrected chi connectivity index (χ3v) is 7.12. The van der Waals surface area contributed by atoms with Crippen molar-refractivity contribution in [2.45, 2.75) is 70.1 Å². The number of amides is 1. The van der Waals surface area contributed by atoms with Crippen LogP contribution in [-0.2, 0) is 4.79 Å². The molecule has 1 aliphatic heterocycles. The summed E-state index contributed by atoms with van der Waals surface area (Å²) in [6, 6.07) is 0.496. The van der Waals surface area contributed by atoms with Crippen molar-refractivity contribution >= 4 is 5.91 Å². The van der Waals surface area contributed by atoms with Gasteiger partial charge in [-0.15, -0.1) is 0 Å². The highest BCUT2D eigenvalue weighted by atomic mass is 16.3. The zero-order chi connectivity index (χ0) is 16.1. The van der Waals surface area contributed by atoms with Gasteiger partial charge in [0.05, 0.1) is 12.1 Å². The first-order valence-corrected chi connectivity index (χ1v) is 9.71. The first kappa shape index (κ1) is 15.9. The second-order valence-corrected chi connectivity index (χ2v) is 8.87. The third kappa shape index (κ3) is 2.82. The zero-order valence-corrected chi connectivity index (χ0v) is 14.7. The predicted molar refractivity (Wildman–Crippen MR) is 89.9 cm³/mol. The first-order valence-electron chi connectivity index (χ1n) is 9.71. The van der Waals surface area contributed by atoms with Gasteiger partial charge in [-0.3, -0.25) is 9.69 Å². The molecular weight excluding hydrogens is 288 g/mol. The van der Waals surface area contributed by atoms with Crippen molar-refractivity contribution < 1.29 is 9.90 Å². The van der Waals surface area contributed by atoms with Gasteiger partial charge in [0.2, 0.25) is 5.91 Å². The normalized spacial score (nSPS) is 43.8. The standard InChI is InChI=1S/C19H32N2O2/c1-12(22)11-21-5-3-4-17(21)19(23)20(2)18-15-7-13-6-14(9-15)10-16(18)8-13/h12-18,22H,3-11H2,1-2H3/t12?,13?,14?,15?,16?,17-,18?/m1/s1. The summed E-state index contributed by atoms with van der Waals surface area (Å²) < 4.78 is 0. The van der Waals surface area contributed by atoms with Crippen LogP contribution in [0, 0.1) is 23.7 Å². The number of hydrogen-bond donors (Lipinski definition) is 1. The van der Waals surface area contributed by atoms with Crippen LogP contribution in [0.15, 0.2) is 0 Å². The van der Waals surface area contributed by atoms with Crippen molar-refractivity contribution in [3.63, 3.8) is 0 Å². The minimum atomic E-state index is -0.352. The fourth-order valence-corrected chi connectivity index (χ4v) is 6.57. The lowest BCUT2D eigenvalue weighted by atomic mass is 9.54. The number of likely N-dealkylation sites (tertiary alicyclic amines) is 1. The maximum absolute atomic E-state index is 13.2. The minimum Gasteiger partial charge on any atom is -0.392 e. The largest absolute Gasteiger partial charge is 0.392 e. The van der Waals surface area contributed by atoms with Crippen molar-refractivity contribution in [2.24, 2.45) is 23.7 Å². The quantitative estimate of drug-likeness (QED) is 0.863. The summed E-state index contributed by atoms with van der Waals surface area (Å²) in [5, 5.41) is 9.70. The molecule has 4 bridgehead atoms. The molecule has 0 radical (unpaired) electrons. The van der Waals surface area contributed by atoms with Crippen molar-refractivity contribution in [3.8, 4) is 0 Å². The van der Waals surface area contributed by atoms with Crippen molar-refractivity contribution in [3.05, 3.63) is 0 Å². The van der Waals surface area contributed by atoms with E-state index in [-0.39, 0.29) is 12.1 Å². The summed E-state index contributed by atoms with van der Waals surface area (Å²) in [5.74, 6) is 3.74. The topological polar surface area (TPSA) is 43.8 Å². The van der Waals surface area contributed by atoms with Crippen LogP contribution < -0.4 is 0 Å². The Morgan fingerprint density at radius 3 is 2.35 bits per heavy atom. The highest BCUT2D eigenvalue weighted by Crippen LogP contribution is 2.55. The molecule has 1 heterocycles. The third-order valence-electron chi connectivity index (χ3n) is 7.12. The van der Waals surface area contributed by atoms with Gasteiger partial charge in [0.1, 0.15) is 0 Å². The summed E-state index contributed by atoms with van der Waals surface area (Å²) in [7, 11) is 2.06. The van der Waals surface area contributed by atoms with Gasteiger partial charge in [0.15, 0.2) is 0 Å². The molecule has 1 saturated heterocycles. The van der Waals surface area contributed by atoms with E-state index >= 15 is 0 Å². The van der Waals surface area contributed by atoms with Gasteiger partial charge in [-0.2, -0.15) is 0 Å². The van der Waals surface area contributed by atoms with Crippen molar-refractivity contribution in [1.29, 1.82) is 0 Å². The molecule has 5 aliphatic rings. The van der Waals surface area contributed by atoms with E-state index in [1.165, 1.54) is 32.1 Å². The van der Waals surface area contributed by atoms with Gasteiger partial charge in [-0.05, 0) is 82.1 Å². The zero-order valence-electron chi connectivity index (χ0n) is 14.7. The number of rotatable bonds is 4. The van der Waals surface area contributed by atoms with E-state index in [4.69, 9.17) is 0 Å². The molecule has 23 heavy (non-hydrogen) atoms. The van der Waals surface area contributed by atoms with E-state index in [9.17, 15) is 9.90 Å². The summed E-state index contributed by atoms with van der Waals surface area (Å²) in [6.07, 6.45) is 8.59. The van der Waals surface area contributed by atoms with Crippen molar-refractivity contribution in [2.75, 3.05) is 20.1 Å². The first-order chi connectivity index (χ1) is 11.0. The van der Waals surface area contributed by atoms with Gasteiger partial charge in [0.25, 0.3) is 0 Å². The lowest BCUT2D eigenvalue weighted by molar-refractivity contribution is -0.146. The van der Waals surface area contributed by atoms with E-state index in [0.29, 0.717) is 18.5 Å². The molecule has 5 rings (SSSR count). The van der Waals surface area contributed by atoms with Crippen LogP contribution in [0.3, 0.4) is 0 Å². The van der Waals surface area contributed by atoms with Crippen LogP contribution >= 0.6 is 0 Å². The lowest BCUT2D eigenvalue weighted by Crippen LogP contribution is -2.59. The predicted octanol–water partition coefficient (Wildman–Crippen LogP) is 2.11. The summed E-state index contributed by atoms with van der Waals surface area (Å²) in [4.78, 5) is 17.5. The SMILES string of the molecule is CC(O)CN1CCC[C@@H]1C(=O)N(C)C1C2CC3CC(C2)CC1C3. The van der Waals surface area contributed by atoms with Gasteiger partial charge in [-0.1, -0.05) is 0 Å². The van der Waals surface area contributed by atoms with Crippen molar-refractivity contribution in [1.82, 2.24) is 9.80 Å². The molecule has 4 saturated carbocycles. The Labute approximate surface area is 140 Å². The Kier molecular flexibility index (Phi) is 4.17. The second kappa shape index (κ2) is 6.03. The summed E-state index contributed by atoms with van der Waals surface area (Å²) in [5.41, 5.74) is 0. The smallest absolute Gasteiger partial charge is 0.239 e. The van der Waals surface area contributed by atoms with E-state index in [1.54, 1.807) is 0 Å². The number of likely N-dealkylation sites (N-methyl/N-ethyl adjacent to an activating group) is 1. The molecule has 1 N–H and O–H groups in total. The molecule has 5 fully saturated rings. The second-order valence-electron chi connectivity index (χ2n) is 8.87. The number of hydrogen-bond acceptors (Lipinski definition) is 3. The molecule has 0 aromatic heterocycles. The number of aliphatic hydroxyl groups excluding tert-OH is 1. The van der Waals surface area contributed by atoms with E-state index in [0.717, 1.165) is 43.1 Å². The molecule has 4 aliphatic carbocycles. The maximum Gasteiger partial charge on any atom is 0.239 e. The Balaban J connectivity index is 1.46. The molecule has 130 valence electrons. The number of carbonyl (C=O) groups excluding carboxylic acids is 1. The fraction of sp³-hybridized carbons (Fsp3) is 0.947. The molecule has 1 unspecified atom stereocenters. The van der Waals surface area contributed by atoms with Crippen LogP contribution in [0.4, 0.5) is 0 Å². The molecule has 0 spiro atoms. The Bertz CT molecular complexity index is 436.